The first-order chi connectivity index (χ1) is 11.7. The van der Waals surface area contributed by atoms with E-state index in [2.05, 4.69) is 4.98 Å². The van der Waals surface area contributed by atoms with Crippen LogP contribution >= 0.6 is 11.3 Å². The summed E-state index contributed by atoms with van der Waals surface area (Å²) in [6.07, 6.45) is 1.52. The number of benzene rings is 2. The molecule has 0 unspecified atom stereocenters. The van der Waals surface area contributed by atoms with Crippen LogP contribution in [0, 0.1) is 5.82 Å². The molecule has 0 aliphatic carbocycles. The second-order valence-electron chi connectivity index (χ2n) is 5.50. The largest absolute Gasteiger partial charge is 0.294 e. The number of hydrogen-bond acceptors (Lipinski definition) is 3. The molecule has 0 saturated carbocycles. The summed E-state index contributed by atoms with van der Waals surface area (Å²) in [5, 5.41) is 0. The van der Waals surface area contributed by atoms with Gasteiger partial charge in [0.15, 0.2) is 0 Å². The lowest BCUT2D eigenvalue weighted by Gasteiger charge is -2.05. The molecule has 0 radical (unpaired) electrons. The van der Waals surface area contributed by atoms with Crippen molar-refractivity contribution in [3.8, 4) is 10.4 Å². The molecular weight excluding hydrogens is 323 g/mol. The van der Waals surface area contributed by atoms with Crippen LogP contribution in [0.3, 0.4) is 0 Å². The summed E-state index contributed by atoms with van der Waals surface area (Å²) in [5.74, 6) is -0.308. The zero-order valence-electron chi connectivity index (χ0n) is 12.6. The normalized spacial score (nSPS) is 11.0. The van der Waals surface area contributed by atoms with E-state index in [-0.39, 0.29) is 11.4 Å². The minimum Gasteiger partial charge on any atom is -0.294 e. The monoisotopic (exact) mass is 336 g/mol. The van der Waals surface area contributed by atoms with Gasteiger partial charge in [0, 0.05) is 4.88 Å². The molecule has 4 aromatic rings. The Morgan fingerprint density at radius 2 is 1.88 bits per heavy atom. The molecule has 0 fully saturated rings. The highest BCUT2D eigenvalue weighted by molar-refractivity contribution is 7.22. The molecule has 0 spiro atoms. The topological polar surface area (TPSA) is 34.9 Å². The van der Waals surface area contributed by atoms with Gasteiger partial charge in [0.05, 0.1) is 18.4 Å². The quantitative estimate of drug-likeness (QED) is 0.559. The Labute approximate surface area is 141 Å². The Hall–Kier alpha value is -2.79. The molecule has 2 aromatic carbocycles. The summed E-state index contributed by atoms with van der Waals surface area (Å²) in [4.78, 5) is 18.1. The molecule has 5 heteroatoms. The highest BCUT2D eigenvalue weighted by Gasteiger charge is 2.10. The molecule has 118 valence electrons. The number of nitrogens with zero attached hydrogens (tertiary/aromatic N) is 2. The molecule has 0 amide bonds. The molecule has 0 aliphatic heterocycles. The van der Waals surface area contributed by atoms with Crippen LogP contribution in [0.5, 0.6) is 0 Å². The van der Waals surface area contributed by atoms with Crippen LogP contribution in [0.2, 0.25) is 0 Å². The van der Waals surface area contributed by atoms with Crippen LogP contribution in [0.4, 0.5) is 4.39 Å². The average Bonchev–Trinajstić information content (AvgIpc) is 3.03. The van der Waals surface area contributed by atoms with E-state index in [0.29, 0.717) is 16.8 Å². The van der Waals surface area contributed by atoms with Crippen molar-refractivity contribution in [2.75, 3.05) is 0 Å². The maximum absolute atomic E-state index is 13.3. The van der Waals surface area contributed by atoms with Crippen molar-refractivity contribution in [3.63, 3.8) is 0 Å². The smallest absolute Gasteiger partial charge is 0.271 e. The molecule has 0 aliphatic rings. The second-order valence-corrected chi connectivity index (χ2v) is 6.55. The van der Waals surface area contributed by atoms with E-state index in [1.165, 1.54) is 34.4 Å². The number of thiophene rings is 1. The number of rotatable bonds is 3. The zero-order chi connectivity index (χ0) is 16.5. The summed E-state index contributed by atoms with van der Waals surface area (Å²) >= 11 is 1.43. The summed E-state index contributed by atoms with van der Waals surface area (Å²) in [7, 11) is 0. The van der Waals surface area contributed by atoms with Gasteiger partial charge in [-0.15, -0.1) is 11.3 Å². The van der Waals surface area contributed by atoms with E-state index in [4.69, 9.17) is 0 Å². The van der Waals surface area contributed by atoms with Gasteiger partial charge < -0.3 is 0 Å². The van der Waals surface area contributed by atoms with Gasteiger partial charge in [-0.05, 0) is 29.3 Å². The highest BCUT2D eigenvalue weighted by Crippen LogP contribution is 2.30. The van der Waals surface area contributed by atoms with Crippen LogP contribution in [-0.4, -0.2) is 9.55 Å². The standard InChI is InChI=1S/C19H13FN2OS/c20-15-8-4-5-13(9-15)11-22-12-21-16-10-17(24-18(16)19(22)23)14-6-2-1-3-7-14/h1-10,12H,11H2. The molecule has 24 heavy (non-hydrogen) atoms. The molecule has 0 saturated heterocycles. The van der Waals surface area contributed by atoms with Gasteiger partial charge in [0.25, 0.3) is 5.56 Å². The van der Waals surface area contributed by atoms with Crippen LogP contribution in [-0.2, 0) is 6.54 Å². The predicted octanol–water partition coefficient (Wildman–Crippen LogP) is 4.31. The van der Waals surface area contributed by atoms with E-state index in [9.17, 15) is 9.18 Å². The van der Waals surface area contributed by atoms with Crippen LogP contribution in [0.15, 0.2) is 71.8 Å². The highest BCUT2D eigenvalue weighted by atomic mass is 32.1. The molecule has 0 N–H and O–H groups in total. The average molecular weight is 336 g/mol. The van der Waals surface area contributed by atoms with E-state index < -0.39 is 0 Å². The molecule has 0 bridgehead atoms. The van der Waals surface area contributed by atoms with Crippen molar-refractivity contribution >= 4 is 21.6 Å². The van der Waals surface area contributed by atoms with Gasteiger partial charge in [0.2, 0.25) is 0 Å². The first-order valence-electron chi connectivity index (χ1n) is 7.49. The Balaban J connectivity index is 1.76. The summed E-state index contributed by atoms with van der Waals surface area (Å²) in [6, 6.07) is 18.1. The summed E-state index contributed by atoms with van der Waals surface area (Å²) < 4.78 is 15.4. The molecular formula is C19H13FN2OS. The number of aromatic nitrogens is 2. The Bertz CT molecular complexity index is 1070. The lowest BCUT2D eigenvalue weighted by Crippen LogP contribution is -2.20. The summed E-state index contributed by atoms with van der Waals surface area (Å²) in [5.41, 5.74) is 2.39. The van der Waals surface area contributed by atoms with Gasteiger partial charge >= 0.3 is 0 Å². The first-order valence-corrected chi connectivity index (χ1v) is 8.31. The number of halogens is 1. The van der Waals surface area contributed by atoms with Gasteiger partial charge in [-0.25, -0.2) is 9.37 Å². The maximum Gasteiger partial charge on any atom is 0.271 e. The van der Waals surface area contributed by atoms with Crippen molar-refractivity contribution in [3.05, 3.63) is 88.7 Å². The fraction of sp³-hybridized carbons (Fsp3) is 0.0526. The van der Waals surface area contributed by atoms with E-state index in [1.807, 2.05) is 36.4 Å². The summed E-state index contributed by atoms with van der Waals surface area (Å²) in [6.45, 7) is 0.304. The van der Waals surface area contributed by atoms with Crippen molar-refractivity contribution in [2.24, 2.45) is 0 Å². The van der Waals surface area contributed by atoms with Crippen molar-refractivity contribution < 1.29 is 4.39 Å². The predicted molar refractivity (Wildman–Crippen MR) is 94.8 cm³/mol. The Kier molecular flexibility index (Phi) is 3.70. The Morgan fingerprint density at radius 1 is 1.04 bits per heavy atom. The fourth-order valence-corrected chi connectivity index (χ4v) is 3.70. The zero-order valence-corrected chi connectivity index (χ0v) is 13.5. The van der Waals surface area contributed by atoms with Crippen LogP contribution in [0.1, 0.15) is 5.56 Å². The lowest BCUT2D eigenvalue weighted by atomic mass is 10.2. The van der Waals surface area contributed by atoms with Crippen LogP contribution < -0.4 is 5.56 Å². The third kappa shape index (κ3) is 2.74. The Morgan fingerprint density at radius 3 is 2.67 bits per heavy atom. The molecule has 3 nitrogen and oxygen atoms in total. The SMILES string of the molecule is O=c1c2sc(-c3ccccc3)cc2ncn1Cc1cccc(F)c1. The van der Waals surface area contributed by atoms with Gasteiger partial charge in [0.1, 0.15) is 10.5 Å². The molecule has 2 aromatic heterocycles. The van der Waals surface area contributed by atoms with Gasteiger partial charge in [-0.2, -0.15) is 0 Å². The van der Waals surface area contributed by atoms with Crippen molar-refractivity contribution in [1.29, 1.82) is 0 Å². The minimum atomic E-state index is -0.308. The van der Waals surface area contributed by atoms with Gasteiger partial charge in [-0.3, -0.25) is 9.36 Å². The third-order valence-corrected chi connectivity index (χ3v) is 4.97. The molecule has 0 atom stereocenters. The minimum absolute atomic E-state index is 0.101. The maximum atomic E-state index is 13.3. The second kappa shape index (κ2) is 6.02. The number of hydrogen-bond donors (Lipinski definition) is 0. The third-order valence-electron chi connectivity index (χ3n) is 3.80. The van der Waals surface area contributed by atoms with Crippen molar-refractivity contribution in [2.45, 2.75) is 6.54 Å². The van der Waals surface area contributed by atoms with Crippen LogP contribution in [0.25, 0.3) is 20.7 Å². The fourth-order valence-electron chi connectivity index (χ4n) is 2.63. The molecule has 4 rings (SSSR count). The van der Waals surface area contributed by atoms with E-state index in [1.54, 1.807) is 12.1 Å². The van der Waals surface area contributed by atoms with E-state index >= 15 is 0 Å². The lowest BCUT2D eigenvalue weighted by molar-refractivity contribution is 0.622. The first kappa shape index (κ1) is 14.8. The van der Waals surface area contributed by atoms with E-state index in [0.717, 1.165) is 16.0 Å². The van der Waals surface area contributed by atoms with Gasteiger partial charge in [-0.1, -0.05) is 42.5 Å². The number of fused-ring (bicyclic) bond motifs is 1. The molecule has 2 heterocycles. The van der Waals surface area contributed by atoms with Crippen molar-refractivity contribution in [1.82, 2.24) is 9.55 Å².